The molecule has 3 nitrogen and oxygen atoms in total. The third-order valence-electron chi connectivity index (χ3n) is 3.64. The van der Waals surface area contributed by atoms with Crippen molar-refractivity contribution in [3.8, 4) is 0 Å². The Morgan fingerprint density at radius 1 is 1.25 bits per heavy atom. The zero-order valence-corrected chi connectivity index (χ0v) is 10.5. The first-order chi connectivity index (χ1) is 7.65. The molecule has 0 aromatic heterocycles. The fourth-order valence-electron chi connectivity index (χ4n) is 2.60. The number of likely N-dealkylation sites (tertiary alicyclic amines) is 1. The molecule has 92 valence electrons. The SMILES string of the molecule is CC(C)NC(=O)CC1CCN(C2CC2)CC1. The highest BCUT2D eigenvalue weighted by atomic mass is 16.1. The van der Waals surface area contributed by atoms with E-state index in [1.54, 1.807) is 0 Å². The van der Waals surface area contributed by atoms with Gasteiger partial charge < -0.3 is 10.2 Å². The molecule has 0 unspecified atom stereocenters. The average Bonchev–Trinajstić information content (AvgIpc) is 3.00. The zero-order valence-electron chi connectivity index (χ0n) is 10.5. The van der Waals surface area contributed by atoms with Gasteiger partial charge in [-0.1, -0.05) is 0 Å². The highest BCUT2D eigenvalue weighted by Gasteiger charge is 2.32. The van der Waals surface area contributed by atoms with Crippen LogP contribution in [0.2, 0.25) is 0 Å². The number of hydrogen-bond donors (Lipinski definition) is 1. The van der Waals surface area contributed by atoms with Crippen LogP contribution in [0.5, 0.6) is 0 Å². The van der Waals surface area contributed by atoms with Crippen molar-refractivity contribution in [3.05, 3.63) is 0 Å². The number of carbonyl (C=O) groups excluding carboxylic acids is 1. The molecule has 1 amide bonds. The van der Waals surface area contributed by atoms with E-state index in [1.165, 1.54) is 38.8 Å². The summed E-state index contributed by atoms with van der Waals surface area (Å²) in [6.45, 7) is 6.47. The summed E-state index contributed by atoms with van der Waals surface area (Å²) in [5.74, 6) is 0.855. The molecule has 1 N–H and O–H groups in total. The smallest absolute Gasteiger partial charge is 0.220 e. The first-order valence-corrected chi connectivity index (χ1v) is 6.68. The number of carbonyl (C=O) groups is 1. The monoisotopic (exact) mass is 224 g/mol. The molecule has 0 atom stereocenters. The maximum Gasteiger partial charge on any atom is 0.220 e. The lowest BCUT2D eigenvalue weighted by molar-refractivity contribution is -0.122. The fourth-order valence-corrected chi connectivity index (χ4v) is 2.60. The van der Waals surface area contributed by atoms with Gasteiger partial charge in [-0.15, -0.1) is 0 Å². The molecule has 0 aromatic rings. The molecule has 2 aliphatic rings. The molecule has 1 aliphatic carbocycles. The Bertz CT molecular complexity index is 240. The van der Waals surface area contributed by atoms with E-state index in [2.05, 4.69) is 10.2 Å². The van der Waals surface area contributed by atoms with Crippen LogP contribution in [0.15, 0.2) is 0 Å². The number of rotatable bonds is 4. The fraction of sp³-hybridized carbons (Fsp3) is 0.923. The molecule has 0 aromatic carbocycles. The van der Waals surface area contributed by atoms with Crippen molar-refractivity contribution in [3.63, 3.8) is 0 Å². The topological polar surface area (TPSA) is 32.3 Å². The lowest BCUT2D eigenvalue weighted by Gasteiger charge is -2.31. The van der Waals surface area contributed by atoms with E-state index >= 15 is 0 Å². The van der Waals surface area contributed by atoms with Crippen LogP contribution in [0.4, 0.5) is 0 Å². The third-order valence-corrected chi connectivity index (χ3v) is 3.64. The van der Waals surface area contributed by atoms with Crippen molar-refractivity contribution < 1.29 is 4.79 Å². The molecule has 0 bridgehead atoms. The van der Waals surface area contributed by atoms with Gasteiger partial charge in [0.1, 0.15) is 0 Å². The average molecular weight is 224 g/mol. The van der Waals surface area contributed by atoms with Gasteiger partial charge in [-0.05, 0) is 58.5 Å². The normalized spacial score (nSPS) is 23.7. The molecule has 16 heavy (non-hydrogen) atoms. The minimum absolute atomic E-state index is 0.236. The van der Waals surface area contributed by atoms with Crippen molar-refractivity contribution in [1.29, 1.82) is 0 Å². The second kappa shape index (κ2) is 5.17. The molecule has 1 saturated heterocycles. The molecular weight excluding hydrogens is 200 g/mol. The van der Waals surface area contributed by atoms with Gasteiger partial charge in [-0.2, -0.15) is 0 Å². The van der Waals surface area contributed by atoms with Gasteiger partial charge in [0.25, 0.3) is 0 Å². The summed E-state index contributed by atoms with van der Waals surface area (Å²) in [5.41, 5.74) is 0. The van der Waals surface area contributed by atoms with E-state index in [0.29, 0.717) is 5.92 Å². The van der Waals surface area contributed by atoms with E-state index in [9.17, 15) is 4.79 Å². The Morgan fingerprint density at radius 3 is 2.38 bits per heavy atom. The second-order valence-corrected chi connectivity index (χ2v) is 5.64. The van der Waals surface area contributed by atoms with Crippen molar-refractivity contribution >= 4 is 5.91 Å². The van der Waals surface area contributed by atoms with Gasteiger partial charge in [0, 0.05) is 18.5 Å². The largest absolute Gasteiger partial charge is 0.354 e. The van der Waals surface area contributed by atoms with E-state index < -0.39 is 0 Å². The zero-order chi connectivity index (χ0) is 11.5. The van der Waals surface area contributed by atoms with E-state index in [-0.39, 0.29) is 11.9 Å². The summed E-state index contributed by atoms with van der Waals surface area (Å²) in [4.78, 5) is 14.2. The van der Waals surface area contributed by atoms with Gasteiger partial charge in [-0.3, -0.25) is 4.79 Å². The minimum atomic E-state index is 0.236. The minimum Gasteiger partial charge on any atom is -0.354 e. The van der Waals surface area contributed by atoms with E-state index in [0.717, 1.165) is 12.5 Å². The first-order valence-electron chi connectivity index (χ1n) is 6.68. The van der Waals surface area contributed by atoms with Crippen LogP contribution in [0, 0.1) is 5.92 Å². The Labute approximate surface area is 98.6 Å². The van der Waals surface area contributed by atoms with Crippen LogP contribution in [-0.2, 0) is 4.79 Å². The van der Waals surface area contributed by atoms with Crippen LogP contribution in [0.3, 0.4) is 0 Å². The lowest BCUT2D eigenvalue weighted by atomic mass is 9.93. The number of nitrogens with one attached hydrogen (secondary N) is 1. The van der Waals surface area contributed by atoms with Crippen molar-refractivity contribution in [2.45, 2.75) is 58.0 Å². The lowest BCUT2D eigenvalue weighted by Crippen LogP contribution is -2.38. The summed E-state index contributed by atoms with van der Waals surface area (Å²) in [7, 11) is 0. The van der Waals surface area contributed by atoms with Crippen molar-refractivity contribution in [1.82, 2.24) is 10.2 Å². The summed E-state index contributed by atoms with van der Waals surface area (Å²) in [5, 5.41) is 2.98. The standard InChI is InChI=1S/C13H24N2O/c1-10(2)14-13(16)9-11-5-7-15(8-6-11)12-3-4-12/h10-12H,3-9H2,1-2H3,(H,14,16). The van der Waals surface area contributed by atoms with Gasteiger partial charge >= 0.3 is 0 Å². The van der Waals surface area contributed by atoms with Crippen LogP contribution in [0.1, 0.15) is 46.0 Å². The molecule has 2 rings (SSSR count). The predicted molar refractivity (Wildman–Crippen MR) is 65.2 cm³/mol. The molecule has 1 heterocycles. The van der Waals surface area contributed by atoms with Crippen LogP contribution >= 0.6 is 0 Å². The van der Waals surface area contributed by atoms with Crippen LogP contribution in [-0.4, -0.2) is 36.0 Å². The van der Waals surface area contributed by atoms with E-state index in [4.69, 9.17) is 0 Å². The number of hydrogen-bond acceptors (Lipinski definition) is 2. The maximum absolute atomic E-state index is 11.6. The quantitative estimate of drug-likeness (QED) is 0.789. The molecule has 2 fully saturated rings. The molecule has 3 heteroatoms. The summed E-state index contributed by atoms with van der Waals surface area (Å²) < 4.78 is 0. The Balaban J connectivity index is 1.66. The van der Waals surface area contributed by atoms with Gasteiger partial charge in [-0.25, -0.2) is 0 Å². The van der Waals surface area contributed by atoms with Crippen molar-refractivity contribution in [2.75, 3.05) is 13.1 Å². The predicted octanol–water partition coefficient (Wildman–Crippen LogP) is 1.78. The molecule has 1 aliphatic heterocycles. The summed E-state index contributed by atoms with van der Waals surface area (Å²) in [6, 6.07) is 1.17. The van der Waals surface area contributed by atoms with Gasteiger partial charge in [0.2, 0.25) is 5.91 Å². The Kier molecular flexibility index (Phi) is 3.85. The highest BCUT2D eigenvalue weighted by Crippen LogP contribution is 2.31. The summed E-state index contributed by atoms with van der Waals surface area (Å²) >= 11 is 0. The Hall–Kier alpha value is -0.570. The molecule has 0 radical (unpaired) electrons. The van der Waals surface area contributed by atoms with Gasteiger partial charge in [0.05, 0.1) is 0 Å². The first kappa shape index (κ1) is 11.9. The van der Waals surface area contributed by atoms with Crippen LogP contribution in [0.25, 0.3) is 0 Å². The number of nitrogens with zero attached hydrogens (tertiary/aromatic N) is 1. The third kappa shape index (κ3) is 3.48. The number of piperidine rings is 1. The van der Waals surface area contributed by atoms with Gasteiger partial charge in [0.15, 0.2) is 0 Å². The second-order valence-electron chi connectivity index (χ2n) is 5.64. The molecular formula is C13H24N2O. The summed E-state index contributed by atoms with van der Waals surface area (Å²) in [6.07, 6.45) is 5.96. The van der Waals surface area contributed by atoms with Crippen LogP contribution < -0.4 is 5.32 Å². The highest BCUT2D eigenvalue weighted by molar-refractivity contribution is 5.76. The Morgan fingerprint density at radius 2 is 1.88 bits per heavy atom. The van der Waals surface area contributed by atoms with Crippen molar-refractivity contribution in [2.24, 2.45) is 5.92 Å². The molecule has 1 saturated carbocycles. The number of amides is 1. The maximum atomic E-state index is 11.6. The van der Waals surface area contributed by atoms with E-state index in [1.807, 2.05) is 13.8 Å². The molecule has 0 spiro atoms.